The molecule has 0 saturated carbocycles. The van der Waals surface area contributed by atoms with Gasteiger partial charge in [-0.05, 0) is 37.1 Å². The third-order valence-electron chi connectivity index (χ3n) is 1.84. The fourth-order valence-electron chi connectivity index (χ4n) is 1.12. The Morgan fingerprint density at radius 3 is 2.69 bits per heavy atom. The lowest BCUT2D eigenvalue weighted by molar-refractivity contribution is 1.44. The predicted octanol–water partition coefficient (Wildman–Crippen LogP) is 3.17. The summed E-state index contributed by atoms with van der Waals surface area (Å²) in [7, 11) is 0. The van der Waals surface area contributed by atoms with Gasteiger partial charge in [0.2, 0.25) is 0 Å². The zero-order valence-electron chi connectivity index (χ0n) is 8.17. The summed E-state index contributed by atoms with van der Waals surface area (Å²) in [5, 5.41) is 0. The molecule has 0 aromatic heterocycles. The highest BCUT2D eigenvalue weighted by molar-refractivity contribution is 5.59. The molecule has 1 aromatic rings. The highest BCUT2D eigenvalue weighted by atomic mass is 14.5. The zero-order chi connectivity index (χ0) is 9.84. The number of anilines is 1. The van der Waals surface area contributed by atoms with E-state index in [1.165, 1.54) is 11.1 Å². The van der Waals surface area contributed by atoms with E-state index >= 15 is 0 Å². The molecular weight excluding hydrogens is 158 g/mol. The Kier molecular flexibility index (Phi) is 2.91. The Labute approximate surface area is 79.6 Å². The third kappa shape index (κ3) is 2.79. The van der Waals surface area contributed by atoms with Crippen LogP contribution in [0.2, 0.25) is 0 Å². The second-order valence-corrected chi connectivity index (χ2v) is 3.30. The molecule has 1 heteroatoms. The van der Waals surface area contributed by atoms with Crippen molar-refractivity contribution in [1.82, 2.24) is 0 Å². The van der Waals surface area contributed by atoms with Gasteiger partial charge >= 0.3 is 0 Å². The number of hydrogen-bond donors (Lipinski definition) is 1. The third-order valence-corrected chi connectivity index (χ3v) is 1.84. The monoisotopic (exact) mass is 173 g/mol. The lowest BCUT2D eigenvalue weighted by Crippen LogP contribution is -1.87. The maximum absolute atomic E-state index is 5.64. The topological polar surface area (TPSA) is 26.0 Å². The standard InChI is InChI=1S/C12H15N/c1-9(2)4-5-11-6-7-12(13)8-10(11)3/h4-8H,1,13H2,2-3H3/b5-4-. The average molecular weight is 173 g/mol. The summed E-state index contributed by atoms with van der Waals surface area (Å²) in [6.07, 6.45) is 4.05. The minimum atomic E-state index is 0.810. The van der Waals surface area contributed by atoms with Crippen molar-refractivity contribution in [3.63, 3.8) is 0 Å². The fourth-order valence-corrected chi connectivity index (χ4v) is 1.12. The molecule has 2 N–H and O–H groups in total. The molecule has 0 heterocycles. The van der Waals surface area contributed by atoms with E-state index in [0.717, 1.165) is 11.3 Å². The number of rotatable bonds is 2. The van der Waals surface area contributed by atoms with Gasteiger partial charge in [0.1, 0.15) is 0 Å². The van der Waals surface area contributed by atoms with Crippen LogP contribution in [0, 0.1) is 6.92 Å². The molecule has 0 saturated heterocycles. The Bertz CT molecular complexity index is 348. The molecule has 1 nitrogen and oxygen atoms in total. The van der Waals surface area contributed by atoms with E-state index in [0.29, 0.717) is 0 Å². The van der Waals surface area contributed by atoms with Crippen LogP contribution in [0.5, 0.6) is 0 Å². The Balaban J connectivity index is 2.96. The van der Waals surface area contributed by atoms with Gasteiger partial charge in [-0.2, -0.15) is 0 Å². The quantitative estimate of drug-likeness (QED) is 0.539. The summed E-state index contributed by atoms with van der Waals surface area (Å²) in [6.45, 7) is 7.83. The first-order valence-corrected chi connectivity index (χ1v) is 4.29. The van der Waals surface area contributed by atoms with Gasteiger partial charge in [-0.15, -0.1) is 0 Å². The molecule has 0 aliphatic rings. The second-order valence-electron chi connectivity index (χ2n) is 3.30. The van der Waals surface area contributed by atoms with E-state index in [-0.39, 0.29) is 0 Å². The van der Waals surface area contributed by atoms with Crippen molar-refractivity contribution in [2.45, 2.75) is 13.8 Å². The van der Waals surface area contributed by atoms with Gasteiger partial charge in [-0.3, -0.25) is 0 Å². The fraction of sp³-hybridized carbons (Fsp3) is 0.167. The van der Waals surface area contributed by atoms with E-state index in [4.69, 9.17) is 5.73 Å². The molecule has 0 atom stereocenters. The molecule has 1 rings (SSSR count). The molecule has 0 spiro atoms. The van der Waals surface area contributed by atoms with Gasteiger partial charge in [-0.1, -0.05) is 30.4 Å². The summed E-state index contributed by atoms with van der Waals surface area (Å²) in [5.74, 6) is 0. The molecule has 0 aliphatic carbocycles. The van der Waals surface area contributed by atoms with Crippen LogP contribution in [0.4, 0.5) is 5.69 Å². The Hall–Kier alpha value is -1.50. The van der Waals surface area contributed by atoms with Crippen molar-refractivity contribution < 1.29 is 0 Å². The smallest absolute Gasteiger partial charge is 0.0317 e. The summed E-state index contributed by atoms with van der Waals surface area (Å²) in [5.41, 5.74) is 9.89. The minimum absolute atomic E-state index is 0.810. The number of hydrogen-bond acceptors (Lipinski definition) is 1. The number of aryl methyl sites for hydroxylation is 1. The number of benzene rings is 1. The number of allylic oxidation sites excluding steroid dienone is 2. The van der Waals surface area contributed by atoms with Crippen LogP contribution in [-0.4, -0.2) is 0 Å². The van der Waals surface area contributed by atoms with Crippen LogP contribution in [0.3, 0.4) is 0 Å². The molecule has 13 heavy (non-hydrogen) atoms. The van der Waals surface area contributed by atoms with Crippen LogP contribution < -0.4 is 5.73 Å². The molecule has 0 aliphatic heterocycles. The number of nitrogen functional groups attached to an aromatic ring is 1. The molecule has 0 fully saturated rings. The molecule has 1 aromatic carbocycles. The maximum Gasteiger partial charge on any atom is 0.0317 e. The van der Waals surface area contributed by atoms with Gasteiger partial charge < -0.3 is 5.73 Å². The van der Waals surface area contributed by atoms with Gasteiger partial charge in [0.25, 0.3) is 0 Å². The molecule has 0 amide bonds. The highest BCUT2D eigenvalue weighted by Crippen LogP contribution is 2.14. The predicted molar refractivity (Wildman–Crippen MR) is 59.4 cm³/mol. The molecule has 0 unspecified atom stereocenters. The summed E-state index contributed by atoms with van der Waals surface area (Å²) < 4.78 is 0. The Morgan fingerprint density at radius 1 is 1.46 bits per heavy atom. The SMILES string of the molecule is C=C(C)/C=C\c1ccc(N)cc1C. The molecule has 68 valence electrons. The normalized spacial score (nSPS) is 10.6. The van der Waals surface area contributed by atoms with Gasteiger partial charge in [-0.25, -0.2) is 0 Å². The lowest BCUT2D eigenvalue weighted by Gasteiger charge is -2.01. The van der Waals surface area contributed by atoms with E-state index in [1.807, 2.05) is 31.2 Å². The van der Waals surface area contributed by atoms with Gasteiger partial charge in [0.15, 0.2) is 0 Å². The van der Waals surface area contributed by atoms with E-state index in [9.17, 15) is 0 Å². The zero-order valence-corrected chi connectivity index (χ0v) is 8.17. The van der Waals surface area contributed by atoms with Crippen LogP contribution in [0.1, 0.15) is 18.1 Å². The maximum atomic E-state index is 5.64. The van der Waals surface area contributed by atoms with E-state index in [2.05, 4.69) is 19.6 Å². The summed E-state index contributed by atoms with van der Waals surface area (Å²) in [6, 6.07) is 5.90. The summed E-state index contributed by atoms with van der Waals surface area (Å²) in [4.78, 5) is 0. The molecular formula is C12H15N. The first kappa shape index (κ1) is 9.59. The lowest BCUT2D eigenvalue weighted by atomic mass is 10.1. The largest absolute Gasteiger partial charge is 0.399 e. The van der Waals surface area contributed by atoms with E-state index < -0.39 is 0 Å². The van der Waals surface area contributed by atoms with Crippen molar-refractivity contribution in [2.24, 2.45) is 0 Å². The average Bonchev–Trinajstić information content (AvgIpc) is 2.02. The van der Waals surface area contributed by atoms with Crippen molar-refractivity contribution in [3.05, 3.63) is 47.6 Å². The van der Waals surface area contributed by atoms with Gasteiger partial charge in [0, 0.05) is 5.69 Å². The van der Waals surface area contributed by atoms with Crippen LogP contribution in [0.25, 0.3) is 6.08 Å². The molecule has 0 bridgehead atoms. The Morgan fingerprint density at radius 2 is 2.15 bits per heavy atom. The van der Waals surface area contributed by atoms with Crippen LogP contribution in [0.15, 0.2) is 36.4 Å². The van der Waals surface area contributed by atoms with Crippen LogP contribution in [-0.2, 0) is 0 Å². The van der Waals surface area contributed by atoms with E-state index in [1.54, 1.807) is 0 Å². The minimum Gasteiger partial charge on any atom is -0.399 e. The first-order valence-electron chi connectivity index (χ1n) is 4.29. The van der Waals surface area contributed by atoms with Crippen molar-refractivity contribution in [2.75, 3.05) is 5.73 Å². The first-order chi connectivity index (χ1) is 6.09. The van der Waals surface area contributed by atoms with Crippen molar-refractivity contribution in [1.29, 1.82) is 0 Å². The summed E-state index contributed by atoms with van der Waals surface area (Å²) >= 11 is 0. The van der Waals surface area contributed by atoms with Crippen LogP contribution >= 0.6 is 0 Å². The molecule has 0 radical (unpaired) electrons. The van der Waals surface area contributed by atoms with Gasteiger partial charge in [0.05, 0.1) is 0 Å². The highest BCUT2D eigenvalue weighted by Gasteiger charge is 1.93. The van der Waals surface area contributed by atoms with Crippen molar-refractivity contribution >= 4 is 11.8 Å². The number of nitrogens with two attached hydrogens (primary N) is 1. The second kappa shape index (κ2) is 3.94. The van der Waals surface area contributed by atoms with Crippen molar-refractivity contribution in [3.8, 4) is 0 Å².